The van der Waals surface area contributed by atoms with E-state index in [0.29, 0.717) is 18.0 Å². The molecule has 0 fully saturated rings. The van der Waals surface area contributed by atoms with Crippen LogP contribution < -0.4 is 5.32 Å². The molecular formula is C20H23NO3. The second kappa shape index (κ2) is 8.41. The first-order valence-corrected chi connectivity index (χ1v) is 8.10. The van der Waals surface area contributed by atoms with Crippen LogP contribution in [0.3, 0.4) is 0 Å². The van der Waals surface area contributed by atoms with Crippen LogP contribution in [0, 0.1) is 0 Å². The van der Waals surface area contributed by atoms with E-state index in [9.17, 15) is 9.59 Å². The Labute approximate surface area is 142 Å². The number of hydrogen-bond acceptors (Lipinski definition) is 3. The fourth-order valence-electron chi connectivity index (χ4n) is 2.50. The first kappa shape index (κ1) is 17.9. The van der Waals surface area contributed by atoms with E-state index in [4.69, 9.17) is 5.11 Å². The van der Waals surface area contributed by atoms with Gasteiger partial charge in [0.2, 0.25) is 0 Å². The van der Waals surface area contributed by atoms with Crippen LogP contribution in [0.5, 0.6) is 0 Å². The summed E-state index contributed by atoms with van der Waals surface area (Å²) in [6.07, 6.45) is -0.238. The van der Waals surface area contributed by atoms with Crippen molar-refractivity contribution in [3.63, 3.8) is 0 Å². The molecule has 0 aliphatic heterocycles. The van der Waals surface area contributed by atoms with Crippen molar-refractivity contribution >= 4 is 11.8 Å². The summed E-state index contributed by atoms with van der Waals surface area (Å²) in [7, 11) is 0. The van der Waals surface area contributed by atoms with Gasteiger partial charge in [-0.2, -0.15) is 0 Å². The summed E-state index contributed by atoms with van der Waals surface area (Å²) in [5, 5.41) is 12.2. The van der Waals surface area contributed by atoms with Gasteiger partial charge in [0.15, 0.2) is 5.78 Å². The average Bonchev–Trinajstić information content (AvgIpc) is 2.58. The largest absolute Gasteiger partial charge is 0.481 e. The molecule has 4 heteroatoms. The third-order valence-corrected chi connectivity index (χ3v) is 3.95. The van der Waals surface area contributed by atoms with Gasteiger partial charge in [-0.1, -0.05) is 68.4 Å². The minimum absolute atomic E-state index is 0.191. The van der Waals surface area contributed by atoms with Crippen LogP contribution in [0.25, 0.3) is 0 Å². The quantitative estimate of drug-likeness (QED) is 0.727. The highest BCUT2D eigenvalue weighted by atomic mass is 16.4. The van der Waals surface area contributed by atoms with Gasteiger partial charge in [-0.15, -0.1) is 0 Å². The van der Waals surface area contributed by atoms with Gasteiger partial charge in [-0.25, -0.2) is 0 Å². The van der Waals surface area contributed by atoms with E-state index >= 15 is 0 Å². The minimum Gasteiger partial charge on any atom is -0.481 e. The van der Waals surface area contributed by atoms with Gasteiger partial charge in [-0.05, 0) is 17.0 Å². The number of carboxylic acid groups (broad SMARTS) is 1. The normalized spacial score (nSPS) is 12.1. The van der Waals surface area contributed by atoms with E-state index in [1.54, 1.807) is 12.1 Å². The highest BCUT2D eigenvalue weighted by Crippen LogP contribution is 2.16. The molecule has 1 atom stereocenters. The summed E-state index contributed by atoms with van der Waals surface area (Å²) in [6.45, 7) is 4.63. The van der Waals surface area contributed by atoms with Crippen LogP contribution >= 0.6 is 0 Å². The van der Waals surface area contributed by atoms with Crippen LogP contribution in [0.2, 0.25) is 0 Å². The Morgan fingerprint density at radius 2 is 1.62 bits per heavy atom. The number of benzene rings is 2. The van der Waals surface area contributed by atoms with Gasteiger partial charge < -0.3 is 10.4 Å². The van der Waals surface area contributed by atoms with E-state index in [-0.39, 0.29) is 12.2 Å². The molecule has 2 rings (SSSR count). The maximum Gasteiger partial charge on any atom is 0.305 e. The molecule has 0 heterocycles. The Kier molecular flexibility index (Phi) is 6.27. The van der Waals surface area contributed by atoms with E-state index < -0.39 is 12.0 Å². The van der Waals surface area contributed by atoms with Crippen LogP contribution in [-0.2, 0) is 11.3 Å². The van der Waals surface area contributed by atoms with Crippen molar-refractivity contribution in [1.29, 1.82) is 0 Å². The van der Waals surface area contributed by atoms with Gasteiger partial charge in [0.1, 0.15) is 0 Å². The fraction of sp³-hybridized carbons (Fsp3) is 0.300. The van der Waals surface area contributed by atoms with Gasteiger partial charge in [0.25, 0.3) is 0 Å². The number of hydrogen-bond donors (Lipinski definition) is 2. The number of carbonyl (C=O) groups excluding carboxylic acids is 1. The summed E-state index contributed by atoms with van der Waals surface area (Å²) in [4.78, 5) is 23.8. The van der Waals surface area contributed by atoms with E-state index in [1.807, 2.05) is 42.5 Å². The molecule has 0 aliphatic rings. The summed E-state index contributed by atoms with van der Waals surface area (Å²) < 4.78 is 0. The van der Waals surface area contributed by atoms with Gasteiger partial charge >= 0.3 is 5.97 Å². The minimum atomic E-state index is -0.993. The predicted molar refractivity (Wildman–Crippen MR) is 94.2 cm³/mol. The lowest BCUT2D eigenvalue weighted by atomic mass is 9.97. The molecule has 126 valence electrons. The van der Waals surface area contributed by atoms with Crippen molar-refractivity contribution < 1.29 is 14.7 Å². The van der Waals surface area contributed by atoms with Crippen molar-refractivity contribution in [1.82, 2.24) is 5.32 Å². The van der Waals surface area contributed by atoms with Crippen LogP contribution in [0.15, 0.2) is 54.6 Å². The lowest BCUT2D eigenvalue weighted by Crippen LogP contribution is -2.38. The van der Waals surface area contributed by atoms with Crippen LogP contribution in [0.1, 0.15) is 47.7 Å². The third kappa shape index (κ3) is 5.03. The van der Waals surface area contributed by atoms with Crippen molar-refractivity contribution in [3.05, 3.63) is 71.3 Å². The third-order valence-electron chi connectivity index (χ3n) is 3.95. The molecule has 0 spiro atoms. The highest BCUT2D eigenvalue weighted by molar-refractivity contribution is 6.01. The van der Waals surface area contributed by atoms with Crippen molar-refractivity contribution in [2.75, 3.05) is 0 Å². The maximum atomic E-state index is 12.7. The molecule has 0 aliphatic carbocycles. The van der Waals surface area contributed by atoms with E-state index in [2.05, 4.69) is 19.2 Å². The number of carboxylic acids is 1. The van der Waals surface area contributed by atoms with Crippen LogP contribution in [0.4, 0.5) is 0 Å². The molecule has 0 bridgehead atoms. The molecule has 0 aromatic heterocycles. The summed E-state index contributed by atoms with van der Waals surface area (Å²) in [5.41, 5.74) is 2.70. The topological polar surface area (TPSA) is 66.4 Å². The smallest absolute Gasteiger partial charge is 0.305 e. The average molecular weight is 325 g/mol. The SMILES string of the molecule is CC(C)c1ccc(C(=O)C(CC(=O)O)NCc2ccccc2)cc1. The Bertz CT molecular complexity index is 678. The molecule has 0 saturated carbocycles. The highest BCUT2D eigenvalue weighted by Gasteiger charge is 2.22. The second-order valence-corrected chi connectivity index (χ2v) is 6.16. The van der Waals surface area contributed by atoms with E-state index in [1.165, 1.54) is 0 Å². The number of Topliss-reactive ketones (excluding diaryl/α,β-unsaturated/α-hetero) is 1. The first-order chi connectivity index (χ1) is 11.5. The Hall–Kier alpha value is -2.46. The van der Waals surface area contributed by atoms with Crippen molar-refractivity contribution in [3.8, 4) is 0 Å². The molecule has 4 nitrogen and oxygen atoms in total. The first-order valence-electron chi connectivity index (χ1n) is 8.10. The molecule has 2 aromatic carbocycles. The van der Waals surface area contributed by atoms with Gasteiger partial charge in [-0.3, -0.25) is 9.59 Å². The number of aliphatic carboxylic acids is 1. The Balaban J connectivity index is 2.10. The van der Waals surface area contributed by atoms with E-state index in [0.717, 1.165) is 11.1 Å². The predicted octanol–water partition coefficient (Wildman–Crippen LogP) is 3.63. The Morgan fingerprint density at radius 1 is 1.00 bits per heavy atom. The summed E-state index contributed by atoms with van der Waals surface area (Å²) in [6, 6.07) is 16.3. The standard InChI is InChI=1S/C20H23NO3/c1-14(2)16-8-10-17(11-9-16)20(24)18(12-19(22)23)21-13-15-6-4-3-5-7-15/h3-11,14,18,21H,12-13H2,1-2H3,(H,22,23). The van der Waals surface area contributed by atoms with Crippen molar-refractivity contribution in [2.45, 2.75) is 38.8 Å². The van der Waals surface area contributed by atoms with Gasteiger partial charge in [0.05, 0.1) is 12.5 Å². The molecule has 1 unspecified atom stereocenters. The molecular weight excluding hydrogens is 302 g/mol. The summed E-state index contributed by atoms with van der Waals surface area (Å²) >= 11 is 0. The zero-order valence-electron chi connectivity index (χ0n) is 14.0. The zero-order chi connectivity index (χ0) is 17.5. The number of ketones is 1. The number of nitrogens with one attached hydrogen (secondary N) is 1. The molecule has 2 N–H and O–H groups in total. The maximum absolute atomic E-state index is 12.7. The lowest BCUT2D eigenvalue weighted by molar-refractivity contribution is -0.137. The Morgan fingerprint density at radius 3 is 2.17 bits per heavy atom. The zero-order valence-corrected chi connectivity index (χ0v) is 14.0. The van der Waals surface area contributed by atoms with Crippen LogP contribution in [-0.4, -0.2) is 22.9 Å². The number of carbonyl (C=O) groups is 2. The monoisotopic (exact) mass is 325 g/mol. The van der Waals surface area contributed by atoms with Gasteiger partial charge in [0, 0.05) is 12.1 Å². The molecule has 2 aromatic rings. The second-order valence-electron chi connectivity index (χ2n) is 6.16. The molecule has 24 heavy (non-hydrogen) atoms. The molecule has 0 saturated heterocycles. The molecule has 0 amide bonds. The lowest BCUT2D eigenvalue weighted by Gasteiger charge is -2.16. The fourth-order valence-corrected chi connectivity index (χ4v) is 2.50. The number of rotatable bonds is 8. The molecule has 0 radical (unpaired) electrons. The summed E-state index contributed by atoms with van der Waals surface area (Å²) in [5.74, 6) is -0.795. The van der Waals surface area contributed by atoms with Crippen molar-refractivity contribution in [2.24, 2.45) is 0 Å².